The fraction of sp³-hybridized carbons (Fsp3) is 0.136. The number of hydrogen-bond donors (Lipinski definition) is 2. The van der Waals surface area contributed by atoms with Gasteiger partial charge in [0.1, 0.15) is 11.5 Å². The number of carbonyl (C=O) groups is 1. The van der Waals surface area contributed by atoms with Crippen molar-refractivity contribution in [3.63, 3.8) is 0 Å². The molecule has 0 fully saturated rings. The topological polar surface area (TPSA) is 112 Å². The number of hydrogen-bond acceptors (Lipinski definition) is 7. The van der Waals surface area contributed by atoms with Gasteiger partial charge in [-0.15, -0.1) is 0 Å². The Hall–Kier alpha value is -3.63. The Labute approximate surface area is 195 Å². The summed E-state index contributed by atoms with van der Waals surface area (Å²) in [6.07, 6.45) is 0. The van der Waals surface area contributed by atoms with E-state index < -0.39 is 15.9 Å². The van der Waals surface area contributed by atoms with E-state index in [0.717, 1.165) is 0 Å². The van der Waals surface area contributed by atoms with Crippen LogP contribution in [-0.4, -0.2) is 35.3 Å². The summed E-state index contributed by atoms with van der Waals surface area (Å²) in [6, 6.07) is 13.3. The standard InChI is InChI=1S/C22H19ClN2O7S/c1-29-19-11-20(30-2)17(10-16(19)23)24-22(26)13-4-3-5-15(8-13)33(27,28)25-14-6-7-18-21(9-14)32-12-31-18/h3-11,25H,12H2,1-2H3,(H,24,26). The van der Waals surface area contributed by atoms with Crippen molar-refractivity contribution in [3.05, 3.63) is 65.2 Å². The van der Waals surface area contributed by atoms with E-state index in [4.69, 9.17) is 30.5 Å². The van der Waals surface area contributed by atoms with Crippen molar-refractivity contribution in [1.29, 1.82) is 0 Å². The average molecular weight is 491 g/mol. The number of fused-ring (bicyclic) bond motifs is 1. The van der Waals surface area contributed by atoms with Crippen molar-refractivity contribution in [3.8, 4) is 23.0 Å². The highest BCUT2D eigenvalue weighted by Crippen LogP contribution is 2.37. The van der Waals surface area contributed by atoms with Gasteiger partial charge >= 0.3 is 0 Å². The first-order valence-electron chi connectivity index (χ1n) is 9.56. The monoisotopic (exact) mass is 490 g/mol. The Balaban J connectivity index is 1.56. The van der Waals surface area contributed by atoms with Crippen molar-refractivity contribution in [2.45, 2.75) is 4.90 Å². The molecule has 33 heavy (non-hydrogen) atoms. The number of amides is 1. The molecule has 0 aromatic heterocycles. The molecule has 3 aromatic rings. The van der Waals surface area contributed by atoms with Gasteiger partial charge in [-0.3, -0.25) is 9.52 Å². The highest BCUT2D eigenvalue weighted by atomic mass is 35.5. The summed E-state index contributed by atoms with van der Waals surface area (Å²) < 4.78 is 49.2. The maximum atomic E-state index is 12.9. The Morgan fingerprint density at radius 3 is 2.48 bits per heavy atom. The summed E-state index contributed by atoms with van der Waals surface area (Å²) in [7, 11) is -1.08. The Morgan fingerprint density at radius 1 is 0.970 bits per heavy atom. The van der Waals surface area contributed by atoms with Gasteiger partial charge in [0.25, 0.3) is 15.9 Å². The average Bonchev–Trinajstić information content (AvgIpc) is 3.27. The van der Waals surface area contributed by atoms with E-state index in [1.807, 2.05) is 0 Å². The van der Waals surface area contributed by atoms with Crippen molar-refractivity contribution in [2.75, 3.05) is 31.1 Å². The lowest BCUT2D eigenvalue weighted by Gasteiger charge is -2.14. The van der Waals surface area contributed by atoms with Gasteiger partial charge in [-0.05, 0) is 36.4 Å². The minimum Gasteiger partial charge on any atom is -0.495 e. The first kappa shape index (κ1) is 22.6. The van der Waals surface area contributed by atoms with Gasteiger partial charge in [-0.1, -0.05) is 17.7 Å². The van der Waals surface area contributed by atoms with E-state index in [9.17, 15) is 13.2 Å². The van der Waals surface area contributed by atoms with Crippen LogP contribution < -0.4 is 29.0 Å². The number of rotatable bonds is 7. The van der Waals surface area contributed by atoms with Crippen LogP contribution in [0, 0.1) is 0 Å². The third-order valence-electron chi connectivity index (χ3n) is 4.75. The van der Waals surface area contributed by atoms with Crippen LogP contribution in [0.1, 0.15) is 10.4 Å². The lowest BCUT2D eigenvalue weighted by molar-refractivity contribution is 0.102. The maximum absolute atomic E-state index is 12.9. The Morgan fingerprint density at radius 2 is 1.73 bits per heavy atom. The van der Waals surface area contributed by atoms with Crippen LogP contribution in [0.2, 0.25) is 5.02 Å². The second-order valence-corrected chi connectivity index (χ2v) is 8.93. The maximum Gasteiger partial charge on any atom is 0.261 e. The van der Waals surface area contributed by atoms with Crippen LogP contribution in [-0.2, 0) is 10.0 Å². The predicted molar refractivity (Wildman–Crippen MR) is 122 cm³/mol. The van der Waals surface area contributed by atoms with Gasteiger partial charge in [0, 0.05) is 17.7 Å². The van der Waals surface area contributed by atoms with Gasteiger partial charge in [0.15, 0.2) is 11.5 Å². The van der Waals surface area contributed by atoms with Crippen molar-refractivity contribution < 1.29 is 32.2 Å². The molecule has 0 saturated carbocycles. The van der Waals surface area contributed by atoms with Crippen molar-refractivity contribution >= 4 is 38.9 Å². The van der Waals surface area contributed by atoms with Crippen molar-refractivity contribution in [2.24, 2.45) is 0 Å². The molecular formula is C22H19ClN2O7S. The summed E-state index contributed by atoms with van der Waals surface area (Å²) in [5, 5.41) is 2.95. The quantitative estimate of drug-likeness (QED) is 0.511. The zero-order valence-corrected chi connectivity index (χ0v) is 19.1. The molecule has 9 nitrogen and oxygen atoms in total. The van der Waals surface area contributed by atoms with Crippen LogP contribution in [0.15, 0.2) is 59.5 Å². The van der Waals surface area contributed by atoms with E-state index in [1.165, 1.54) is 56.7 Å². The first-order chi connectivity index (χ1) is 15.8. The fourth-order valence-electron chi connectivity index (χ4n) is 3.13. The van der Waals surface area contributed by atoms with Crippen molar-refractivity contribution in [1.82, 2.24) is 0 Å². The van der Waals surface area contributed by atoms with Crippen LogP contribution >= 0.6 is 11.6 Å². The second-order valence-electron chi connectivity index (χ2n) is 6.84. The highest BCUT2D eigenvalue weighted by Gasteiger charge is 2.20. The number of carbonyl (C=O) groups excluding carboxylic acids is 1. The normalized spacial score (nSPS) is 12.2. The van der Waals surface area contributed by atoms with E-state index >= 15 is 0 Å². The second kappa shape index (κ2) is 9.08. The van der Waals surface area contributed by atoms with Crippen LogP contribution in [0.5, 0.6) is 23.0 Å². The van der Waals surface area contributed by atoms with Gasteiger partial charge in [0.05, 0.1) is 35.5 Å². The van der Waals surface area contributed by atoms with E-state index in [2.05, 4.69) is 10.0 Å². The summed E-state index contributed by atoms with van der Waals surface area (Å²) in [4.78, 5) is 12.7. The van der Waals surface area contributed by atoms with E-state index in [1.54, 1.807) is 12.1 Å². The number of ether oxygens (including phenoxy) is 4. The molecule has 0 saturated heterocycles. The minimum atomic E-state index is -3.98. The van der Waals surface area contributed by atoms with Crippen LogP contribution in [0.3, 0.4) is 0 Å². The molecule has 0 bridgehead atoms. The Bertz CT molecular complexity index is 1330. The molecule has 0 radical (unpaired) electrons. The van der Waals surface area contributed by atoms with E-state index in [0.29, 0.717) is 34.4 Å². The molecule has 4 rings (SSSR count). The molecule has 2 N–H and O–H groups in total. The number of halogens is 1. The lowest BCUT2D eigenvalue weighted by Crippen LogP contribution is -2.16. The van der Waals surface area contributed by atoms with Crippen LogP contribution in [0.25, 0.3) is 0 Å². The molecule has 11 heteroatoms. The van der Waals surface area contributed by atoms with Gasteiger partial charge in [-0.2, -0.15) is 0 Å². The Kier molecular flexibility index (Phi) is 6.21. The zero-order valence-electron chi connectivity index (χ0n) is 17.5. The highest BCUT2D eigenvalue weighted by molar-refractivity contribution is 7.92. The molecule has 1 heterocycles. The minimum absolute atomic E-state index is 0.0763. The first-order valence-corrected chi connectivity index (χ1v) is 11.4. The summed E-state index contributed by atoms with van der Waals surface area (Å²) in [5.74, 6) is 1.14. The molecule has 172 valence electrons. The van der Waals surface area contributed by atoms with Gasteiger partial charge < -0.3 is 24.3 Å². The third-order valence-corrected chi connectivity index (χ3v) is 6.43. The summed E-state index contributed by atoms with van der Waals surface area (Å²) in [5.41, 5.74) is 0.726. The zero-order chi connectivity index (χ0) is 23.6. The molecule has 1 aliphatic rings. The largest absolute Gasteiger partial charge is 0.495 e. The SMILES string of the molecule is COc1cc(OC)c(NC(=O)c2cccc(S(=O)(=O)Nc3ccc4c(c3)OCO4)c2)cc1Cl. The third kappa shape index (κ3) is 4.76. The number of methoxy groups -OCH3 is 2. The molecule has 3 aromatic carbocycles. The fourth-order valence-corrected chi connectivity index (χ4v) is 4.47. The predicted octanol–water partition coefficient (Wildman–Crippen LogP) is 4.14. The molecular weight excluding hydrogens is 472 g/mol. The smallest absolute Gasteiger partial charge is 0.261 e. The van der Waals surface area contributed by atoms with Crippen LogP contribution in [0.4, 0.5) is 11.4 Å². The summed E-state index contributed by atoms with van der Waals surface area (Å²) in [6.45, 7) is 0.0763. The molecule has 1 aliphatic heterocycles. The molecule has 0 unspecified atom stereocenters. The number of anilines is 2. The summed E-state index contributed by atoms with van der Waals surface area (Å²) >= 11 is 6.15. The van der Waals surface area contributed by atoms with E-state index in [-0.39, 0.29) is 22.3 Å². The molecule has 0 spiro atoms. The molecule has 0 aliphatic carbocycles. The molecule has 0 atom stereocenters. The van der Waals surface area contributed by atoms with Gasteiger partial charge in [-0.25, -0.2) is 8.42 Å². The number of sulfonamides is 1. The molecule has 1 amide bonds. The van der Waals surface area contributed by atoms with Gasteiger partial charge in [0.2, 0.25) is 6.79 Å². The number of nitrogens with one attached hydrogen (secondary N) is 2. The lowest BCUT2D eigenvalue weighted by atomic mass is 10.2. The number of benzene rings is 3.